The zero-order chi connectivity index (χ0) is 22.1. The Labute approximate surface area is 167 Å². The van der Waals surface area contributed by atoms with E-state index in [9.17, 15) is 22.8 Å². The molecule has 10 nitrogen and oxygen atoms in total. The zero-order valence-electron chi connectivity index (χ0n) is 15.8. The molecule has 158 valence electrons. The Morgan fingerprint density at radius 1 is 1.23 bits per heavy atom. The summed E-state index contributed by atoms with van der Waals surface area (Å²) in [6, 6.07) is 1.52. The maximum atomic E-state index is 12.3. The quantitative estimate of drug-likeness (QED) is 0.468. The predicted octanol–water partition coefficient (Wildman–Crippen LogP) is 1.38. The van der Waals surface area contributed by atoms with E-state index in [1.165, 1.54) is 32.3 Å². The molecule has 3 aromatic heterocycles. The average molecular weight is 422 g/mol. The van der Waals surface area contributed by atoms with E-state index < -0.39 is 30.1 Å². The van der Waals surface area contributed by atoms with Gasteiger partial charge in [-0.05, 0) is 19.9 Å². The molecule has 0 aromatic carbocycles. The van der Waals surface area contributed by atoms with Crippen LogP contribution in [0.2, 0.25) is 0 Å². The minimum Gasteiger partial charge on any atom is -0.366 e. The van der Waals surface area contributed by atoms with E-state index in [-0.39, 0.29) is 17.2 Å². The van der Waals surface area contributed by atoms with E-state index in [2.05, 4.69) is 30.5 Å². The lowest BCUT2D eigenvalue weighted by Gasteiger charge is -2.25. The molecule has 2 amide bonds. The second-order valence-electron chi connectivity index (χ2n) is 6.90. The van der Waals surface area contributed by atoms with Crippen molar-refractivity contribution < 1.29 is 22.8 Å². The summed E-state index contributed by atoms with van der Waals surface area (Å²) in [6.07, 6.45) is -0.415. The van der Waals surface area contributed by atoms with Crippen LogP contribution in [0.5, 0.6) is 0 Å². The van der Waals surface area contributed by atoms with Crippen LogP contribution < -0.4 is 16.4 Å². The predicted molar refractivity (Wildman–Crippen MR) is 100 cm³/mol. The van der Waals surface area contributed by atoms with Gasteiger partial charge in [0.1, 0.15) is 23.5 Å². The summed E-state index contributed by atoms with van der Waals surface area (Å²) < 4.78 is 37.0. The average Bonchev–Trinajstić information content (AvgIpc) is 3.08. The zero-order valence-corrected chi connectivity index (χ0v) is 15.8. The van der Waals surface area contributed by atoms with Gasteiger partial charge in [-0.3, -0.25) is 9.59 Å². The number of primary amides is 1. The highest BCUT2D eigenvalue weighted by Crippen LogP contribution is 2.26. The number of nitrogens with one attached hydrogen (secondary N) is 3. The van der Waals surface area contributed by atoms with Crippen molar-refractivity contribution in [3.63, 3.8) is 0 Å². The number of alkyl halides is 3. The molecule has 0 aliphatic heterocycles. The number of anilines is 1. The Balaban J connectivity index is 1.86. The number of carbonyl (C=O) groups is 2. The smallest absolute Gasteiger partial charge is 0.366 e. The molecule has 0 unspecified atom stereocenters. The van der Waals surface area contributed by atoms with Crippen LogP contribution in [0.4, 0.5) is 19.0 Å². The molecule has 0 radical (unpaired) electrons. The Hall–Kier alpha value is -3.77. The van der Waals surface area contributed by atoms with Gasteiger partial charge in [-0.25, -0.2) is 9.97 Å². The topological polar surface area (TPSA) is 152 Å². The lowest BCUT2D eigenvalue weighted by molar-refractivity contribution is -0.140. The first-order valence-corrected chi connectivity index (χ1v) is 8.56. The molecular formula is C17H17F3N8O2. The number of hydrogen-bond acceptors (Lipinski definition) is 7. The van der Waals surface area contributed by atoms with Gasteiger partial charge in [0.05, 0.1) is 11.8 Å². The highest BCUT2D eigenvalue weighted by Gasteiger charge is 2.33. The molecule has 0 saturated carbocycles. The maximum Gasteiger partial charge on any atom is 0.405 e. The lowest BCUT2D eigenvalue weighted by atomic mass is 10.0. The summed E-state index contributed by atoms with van der Waals surface area (Å²) >= 11 is 0. The number of aromatic nitrogens is 5. The van der Waals surface area contributed by atoms with Crippen LogP contribution in [0.3, 0.4) is 0 Å². The van der Waals surface area contributed by atoms with Crippen LogP contribution in [0.1, 0.15) is 24.2 Å². The second-order valence-corrected chi connectivity index (χ2v) is 6.90. The fraction of sp³-hybridized carbons (Fsp3) is 0.294. The van der Waals surface area contributed by atoms with Gasteiger partial charge in [0.15, 0.2) is 5.82 Å². The van der Waals surface area contributed by atoms with Crippen molar-refractivity contribution >= 4 is 28.7 Å². The number of aromatic amines is 1. The number of amides is 2. The molecule has 3 aromatic rings. The van der Waals surface area contributed by atoms with Crippen LogP contribution >= 0.6 is 0 Å². The summed E-state index contributed by atoms with van der Waals surface area (Å²) in [7, 11) is 0. The Morgan fingerprint density at radius 2 is 1.97 bits per heavy atom. The number of nitrogens with two attached hydrogens (primary N) is 1. The number of pyridine rings is 1. The van der Waals surface area contributed by atoms with E-state index in [1.54, 1.807) is 6.20 Å². The molecule has 0 fully saturated rings. The summed E-state index contributed by atoms with van der Waals surface area (Å²) in [4.78, 5) is 34.8. The summed E-state index contributed by atoms with van der Waals surface area (Å²) in [6.45, 7) is 1.35. The van der Waals surface area contributed by atoms with Crippen LogP contribution in [0.25, 0.3) is 22.4 Å². The van der Waals surface area contributed by atoms with Crippen molar-refractivity contribution in [2.75, 3.05) is 11.9 Å². The normalized spacial score (nSPS) is 12.0. The van der Waals surface area contributed by atoms with Gasteiger partial charge in [0.2, 0.25) is 11.8 Å². The summed E-state index contributed by atoms with van der Waals surface area (Å²) in [5.41, 5.74) is 4.99. The summed E-state index contributed by atoms with van der Waals surface area (Å²) in [5.74, 6) is -1.28. The van der Waals surface area contributed by atoms with E-state index in [0.29, 0.717) is 16.6 Å². The fourth-order valence-corrected chi connectivity index (χ4v) is 2.58. The van der Waals surface area contributed by atoms with Gasteiger partial charge >= 0.3 is 6.18 Å². The Morgan fingerprint density at radius 3 is 2.63 bits per heavy atom. The maximum absolute atomic E-state index is 12.3. The highest BCUT2D eigenvalue weighted by atomic mass is 19.4. The van der Waals surface area contributed by atoms with Gasteiger partial charge in [0.25, 0.3) is 0 Å². The highest BCUT2D eigenvalue weighted by molar-refractivity contribution is 5.99. The molecule has 0 saturated heterocycles. The van der Waals surface area contributed by atoms with E-state index in [1.807, 2.05) is 5.32 Å². The van der Waals surface area contributed by atoms with Crippen molar-refractivity contribution in [3.05, 3.63) is 30.2 Å². The molecule has 0 atom stereocenters. The lowest BCUT2D eigenvalue weighted by Crippen LogP contribution is -2.50. The number of fused-ring (bicyclic) bond motifs is 1. The van der Waals surface area contributed by atoms with Gasteiger partial charge < -0.3 is 21.4 Å². The van der Waals surface area contributed by atoms with E-state index >= 15 is 0 Å². The number of rotatable bonds is 6. The van der Waals surface area contributed by atoms with E-state index in [0.717, 1.165) is 0 Å². The number of carbonyl (C=O) groups excluding carboxylic acids is 2. The number of hydrogen-bond donors (Lipinski definition) is 4. The van der Waals surface area contributed by atoms with Crippen molar-refractivity contribution in [2.24, 2.45) is 5.73 Å². The first-order chi connectivity index (χ1) is 14.0. The number of nitrogens with zero attached hydrogens (tertiary/aromatic N) is 4. The molecule has 13 heteroatoms. The molecule has 3 heterocycles. The monoisotopic (exact) mass is 422 g/mol. The van der Waals surface area contributed by atoms with E-state index in [4.69, 9.17) is 5.73 Å². The molecular weight excluding hydrogens is 405 g/mol. The third-order valence-corrected chi connectivity index (χ3v) is 4.07. The largest absolute Gasteiger partial charge is 0.405 e. The van der Waals surface area contributed by atoms with Crippen LogP contribution in [-0.4, -0.2) is 55.2 Å². The minimum absolute atomic E-state index is 0.112. The standard InChI is InChI=1S/C17H17F3N8O2/c1-16(2,15(30)24-7-17(18,19)20)27-11-6-25-28-14(26-11)10-5-23-13-9(10)3-8(4-22-13)12(21)29/h3-6H,7H2,1-2H3,(H2,21,29)(H,22,23)(H,24,30)(H,26,27,28). The molecule has 30 heavy (non-hydrogen) atoms. The Bertz CT molecular complexity index is 1110. The van der Waals surface area contributed by atoms with Crippen molar-refractivity contribution in [3.8, 4) is 11.4 Å². The third kappa shape index (κ3) is 4.61. The van der Waals surface area contributed by atoms with Gasteiger partial charge in [-0.2, -0.15) is 18.3 Å². The first kappa shape index (κ1) is 21.0. The number of halogens is 3. The fourth-order valence-electron chi connectivity index (χ4n) is 2.58. The number of H-pyrrole nitrogens is 1. The van der Waals surface area contributed by atoms with Crippen LogP contribution in [-0.2, 0) is 4.79 Å². The molecule has 0 spiro atoms. The summed E-state index contributed by atoms with van der Waals surface area (Å²) in [5, 5.41) is 12.8. The second kappa shape index (κ2) is 7.57. The van der Waals surface area contributed by atoms with Crippen molar-refractivity contribution in [1.82, 2.24) is 30.5 Å². The Kier molecular flexibility index (Phi) is 5.29. The molecule has 0 aliphatic carbocycles. The molecule has 3 rings (SSSR count). The third-order valence-electron chi connectivity index (χ3n) is 4.07. The van der Waals surface area contributed by atoms with Crippen molar-refractivity contribution in [1.29, 1.82) is 0 Å². The van der Waals surface area contributed by atoms with Gasteiger partial charge in [-0.1, -0.05) is 0 Å². The first-order valence-electron chi connectivity index (χ1n) is 8.56. The molecule has 0 bridgehead atoms. The SMILES string of the molecule is CC(C)(Nc1cnnc(-c2c[nH]c3ncc(C(N)=O)cc23)n1)C(=O)NCC(F)(F)F. The van der Waals surface area contributed by atoms with Gasteiger partial charge in [-0.15, -0.1) is 5.10 Å². The van der Waals surface area contributed by atoms with Crippen LogP contribution in [0.15, 0.2) is 24.7 Å². The minimum atomic E-state index is -4.53. The molecule has 5 N–H and O–H groups in total. The van der Waals surface area contributed by atoms with Crippen molar-refractivity contribution in [2.45, 2.75) is 25.6 Å². The van der Waals surface area contributed by atoms with Gasteiger partial charge in [0, 0.05) is 23.3 Å². The molecule has 0 aliphatic rings. The van der Waals surface area contributed by atoms with Crippen LogP contribution in [0, 0.1) is 0 Å².